The van der Waals surface area contributed by atoms with Gasteiger partial charge >= 0.3 is 0 Å². The Labute approximate surface area is 46.6 Å². The summed E-state index contributed by atoms with van der Waals surface area (Å²) in [6.45, 7) is 0. The lowest BCUT2D eigenvalue weighted by Crippen LogP contribution is -2.16. The van der Waals surface area contributed by atoms with Gasteiger partial charge in [-0.2, -0.15) is 0 Å². The molecule has 0 aromatic rings. The average Bonchev–Trinajstić information content (AvgIpc) is 1.69. The fourth-order valence-electron chi connectivity index (χ4n) is 0.231. The molecular formula is C3H3N3S. The van der Waals surface area contributed by atoms with Gasteiger partial charge in [-0.25, -0.2) is 0 Å². The van der Waals surface area contributed by atoms with E-state index in [1.54, 1.807) is 0 Å². The second-order valence-electron chi connectivity index (χ2n) is 0.988. The van der Waals surface area contributed by atoms with Crippen molar-refractivity contribution in [2.45, 2.75) is 5.37 Å². The van der Waals surface area contributed by atoms with Crippen molar-refractivity contribution in [2.75, 3.05) is 0 Å². The van der Waals surface area contributed by atoms with Gasteiger partial charge in [-0.1, -0.05) is 10.3 Å². The number of rotatable bonds is 0. The summed E-state index contributed by atoms with van der Waals surface area (Å²) >= 11 is 3.92. The standard InChI is InChI=1S/C3H3N3S/c7-3-1-2-4-6-5-3/h3,7H,(H,4,5). The minimum atomic E-state index is -0.141. The molecule has 3 nitrogen and oxygen atoms in total. The molecule has 1 rings (SSSR count). The van der Waals surface area contributed by atoms with Gasteiger partial charge in [0.15, 0.2) is 5.37 Å². The fourth-order valence-corrected chi connectivity index (χ4v) is 0.340. The van der Waals surface area contributed by atoms with E-state index in [-0.39, 0.29) is 5.37 Å². The summed E-state index contributed by atoms with van der Waals surface area (Å²) in [5.74, 6) is 2.62. The van der Waals surface area contributed by atoms with Crippen LogP contribution in [0.25, 0.3) is 0 Å². The number of nitrogens with zero attached hydrogens (tertiary/aromatic N) is 2. The Morgan fingerprint density at radius 1 is 1.71 bits per heavy atom. The topological polar surface area (TPSA) is 36.8 Å². The maximum Gasteiger partial charge on any atom is 0.151 e. The van der Waals surface area contributed by atoms with Crippen LogP contribution in [0.5, 0.6) is 0 Å². The highest BCUT2D eigenvalue weighted by Gasteiger charge is 1.93. The van der Waals surface area contributed by atoms with Crippen LogP contribution in [0.15, 0.2) is 10.3 Å². The van der Waals surface area contributed by atoms with E-state index in [1.165, 1.54) is 0 Å². The van der Waals surface area contributed by atoms with E-state index in [2.05, 4.69) is 40.4 Å². The zero-order valence-corrected chi connectivity index (χ0v) is 4.31. The molecule has 4 heteroatoms. The first-order valence-corrected chi connectivity index (χ1v) is 2.25. The van der Waals surface area contributed by atoms with E-state index in [9.17, 15) is 0 Å². The van der Waals surface area contributed by atoms with E-state index in [0.717, 1.165) is 0 Å². The molecule has 1 aliphatic rings. The highest BCUT2D eigenvalue weighted by Crippen LogP contribution is 1.89. The molecule has 36 valence electrons. The quantitative estimate of drug-likeness (QED) is 0.341. The Morgan fingerprint density at radius 2 is 2.57 bits per heavy atom. The van der Waals surface area contributed by atoms with Crippen LogP contribution in [0.3, 0.4) is 0 Å². The number of thiol groups is 1. The summed E-state index contributed by atoms with van der Waals surface area (Å²) < 4.78 is 0. The van der Waals surface area contributed by atoms with Crippen LogP contribution >= 0.6 is 12.6 Å². The SMILES string of the molecule is SC1C#CN=NN1. The van der Waals surface area contributed by atoms with Crippen molar-refractivity contribution in [3.63, 3.8) is 0 Å². The molecule has 1 unspecified atom stereocenters. The van der Waals surface area contributed by atoms with Gasteiger partial charge in [-0.15, -0.1) is 12.6 Å². The Bertz CT molecular complexity index is 142. The molecule has 0 radical (unpaired) electrons. The molecule has 1 aliphatic heterocycles. The maximum atomic E-state index is 3.92. The molecule has 0 aromatic carbocycles. The van der Waals surface area contributed by atoms with Crippen molar-refractivity contribution < 1.29 is 0 Å². The minimum Gasteiger partial charge on any atom is -0.266 e. The van der Waals surface area contributed by atoms with Crippen molar-refractivity contribution in [1.29, 1.82) is 0 Å². The lowest BCUT2D eigenvalue weighted by Gasteiger charge is -1.99. The zero-order valence-electron chi connectivity index (χ0n) is 3.42. The molecule has 1 atom stereocenters. The molecule has 0 amide bonds. The minimum absolute atomic E-state index is 0.141. The Balaban J connectivity index is 2.59. The molecule has 0 saturated heterocycles. The molecule has 0 aliphatic carbocycles. The van der Waals surface area contributed by atoms with Gasteiger partial charge in [0, 0.05) is 0 Å². The van der Waals surface area contributed by atoms with Crippen LogP contribution in [-0.4, -0.2) is 5.37 Å². The van der Waals surface area contributed by atoms with Gasteiger partial charge < -0.3 is 0 Å². The third-order valence-electron chi connectivity index (χ3n) is 0.481. The maximum absolute atomic E-state index is 3.92. The van der Waals surface area contributed by atoms with E-state index >= 15 is 0 Å². The van der Waals surface area contributed by atoms with Crippen LogP contribution in [-0.2, 0) is 0 Å². The summed E-state index contributed by atoms with van der Waals surface area (Å²) in [6.07, 6.45) is 0. The second kappa shape index (κ2) is 1.85. The molecule has 1 heterocycles. The predicted molar refractivity (Wildman–Crippen MR) is 28.5 cm³/mol. The molecule has 0 bridgehead atoms. The van der Waals surface area contributed by atoms with E-state index in [4.69, 9.17) is 0 Å². The van der Waals surface area contributed by atoms with Crippen LogP contribution in [0.4, 0.5) is 0 Å². The second-order valence-corrected chi connectivity index (χ2v) is 1.50. The fraction of sp³-hybridized carbons (Fsp3) is 0.333. The highest BCUT2D eigenvalue weighted by molar-refractivity contribution is 7.81. The summed E-state index contributed by atoms with van der Waals surface area (Å²) in [5, 5.41) is 6.57. The van der Waals surface area contributed by atoms with Crippen LogP contribution in [0.2, 0.25) is 0 Å². The largest absolute Gasteiger partial charge is 0.266 e. The lowest BCUT2D eigenvalue weighted by atomic mass is 10.7. The molecule has 0 aromatic heterocycles. The molecule has 0 spiro atoms. The third kappa shape index (κ3) is 1.09. The van der Waals surface area contributed by atoms with Crippen molar-refractivity contribution in [3.8, 4) is 12.0 Å². The van der Waals surface area contributed by atoms with Gasteiger partial charge in [0.2, 0.25) is 0 Å². The van der Waals surface area contributed by atoms with Gasteiger partial charge in [-0.3, -0.25) is 5.43 Å². The first-order valence-electron chi connectivity index (χ1n) is 1.73. The molecule has 0 fully saturated rings. The van der Waals surface area contributed by atoms with Gasteiger partial charge in [-0.05, 0) is 5.92 Å². The summed E-state index contributed by atoms with van der Waals surface area (Å²) in [6, 6.07) is 2.40. The summed E-state index contributed by atoms with van der Waals surface area (Å²) in [4.78, 5) is 0. The smallest absolute Gasteiger partial charge is 0.151 e. The Morgan fingerprint density at radius 3 is 2.86 bits per heavy atom. The monoisotopic (exact) mass is 113 g/mol. The van der Waals surface area contributed by atoms with Gasteiger partial charge in [0.05, 0.1) is 6.04 Å². The van der Waals surface area contributed by atoms with Crippen LogP contribution in [0.1, 0.15) is 0 Å². The number of nitrogens with one attached hydrogen (secondary N) is 1. The number of hydrogen-bond donors (Lipinski definition) is 2. The van der Waals surface area contributed by atoms with E-state index in [0.29, 0.717) is 0 Å². The predicted octanol–water partition coefficient (Wildman–Crippen LogP) is 0.174. The van der Waals surface area contributed by atoms with Gasteiger partial charge in [0.25, 0.3) is 0 Å². The van der Waals surface area contributed by atoms with Crippen molar-refractivity contribution in [1.82, 2.24) is 5.43 Å². The van der Waals surface area contributed by atoms with Crippen LogP contribution in [0, 0.1) is 12.0 Å². The third-order valence-corrected chi connectivity index (χ3v) is 0.726. The Hall–Kier alpha value is -0.690. The van der Waals surface area contributed by atoms with Crippen molar-refractivity contribution >= 4 is 12.6 Å². The molecule has 7 heavy (non-hydrogen) atoms. The van der Waals surface area contributed by atoms with Crippen molar-refractivity contribution in [3.05, 3.63) is 0 Å². The zero-order chi connectivity index (χ0) is 5.11. The number of hydrogen-bond acceptors (Lipinski definition) is 4. The van der Waals surface area contributed by atoms with E-state index < -0.39 is 0 Å². The van der Waals surface area contributed by atoms with Gasteiger partial charge in [0.1, 0.15) is 0 Å². The first-order chi connectivity index (χ1) is 3.39. The normalized spacial score (nSPS) is 25.0. The highest BCUT2D eigenvalue weighted by atomic mass is 32.1. The summed E-state index contributed by atoms with van der Waals surface area (Å²) in [7, 11) is 0. The molecule has 1 N–H and O–H groups in total. The summed E-state index contributed by atoms with van der Waals surface area (Å²) in [5.41, 5.74) is 2.53. The van der Waals surface area contributed by atoms with Crippen molar-refractivity contribution in [2.24, 2.45) is 10.3 Å². The van der Waals surface area contributed by atoms with E-state index in [1.807, 2.05) is 0 Å². The first kappa shape index (κ1) is 4.47. The lowest BCUT2D eigenvalue weighted by molar-refractivity contribution is 0.733. The van der Waals surface area contributed by atoms with Crippen LogP contribution < -0.4 is 5.43 Å². The molecular weight excluding hydrogens is 110 g/mol. The average molecular weight is 113 g/mol. The Kier molecular flexibility index (Phi) is 1.18. The molecule has 0 saturated carbocycles.